The molecule has 1 aliphatic carbocycles. The number of benzene rings is 1. The van der Waals surface area contributed by atoms with Crippen LogP contribution in [0.4, 0.5) is 0 Å². The molecule has 19 heavy (non-hydrogen) atoms. The Morgan fingerprint density at radius 2 is 2.00 bits per heavy atom. The summed E-state index contributed by atoms with van der Waals surface area (Å²) in [7, 11) is 1.78. The minimum absolute atomic E-state index is 0.00758. The predicted molar refractivity (Wildman–Crippen MR) is 75.6 cm³/mol. The molecule has 0 radical (unpaired) electrons. The fraction of sp³-hybridized carbons (Fsp3) is 0.400. The fourth-order valence-corrected chi connectivity index (χ4v) is 2.59. The highest BCUT2D eigenvalue weighted by atomic mass is 16.1. The number of nitrogens with two attached hydrogens (primary N) is 1. The maximum atomic E-state index is 12.2. The van der Waals surface area contributed by atoms with Gasteiger partial charge in [-0.1, -0.05) is 18.2 Å². The summed E-state index contributed by atoms with van der Waals surface area (Å²) < 4.78 is 3.38. The standard InChI is InChI=1S/C15H19N3O/c1-11-10-17(2)14(19)18(11)13-6-4-3-5-12(13)9-15(16)7-8-15/h3-6,10H,7-9,16H2,1-2H3. The first kappa shape index (κ1) is 12.2. The third-order valence-corrected chi connectivity index (χ3v) is 3.89. The van der Waals surface area contributed by atoms with Crippen LogP contribution in [0.2, 0.25) is 0 Å². The average molecular weight is 257 g/mol. The van der Waals surface area contributed by atoms with E-state index in [1.165, 1.54) is 0 Å². The molecule has 0 atom stereocenters. The Bertz CT molecular complexity index is 677. The fourth-order valence-electron chi connectivity index (χ4n) is 2.59. The van der Waals surface area contributed by atoms with Gasteiger partial charge >= 0.3 is 5.69 Å². The second kappa shape index (κ2) is 4.10. The smallest absolute Gasteiger partial charge is 0.325 e. The van der Waals surface area contributed by atoms with Gasteiger partial charge in [0.25, 0.3) is 0 Å². The summed E-state index contributed by atoms with van der Waals surface area (Å²) in [6.45, 7) is 1.95. The normalized spacial score (nSPS) is 16.6. The minimum atomic E-state index is -0.0532. The van der Waals surface area contributed by atoms with E-state index in [0.29, 0.717) is 0 Å². The van der Waals surface area contributed by atoms with Crippen LogP contribution < -0.4 is 11.4 Å². The van der Waals surface area contributed by atoms with Crippen LogP contribution in [0.5, 0.6) is 0 Å². The zero-order valence-electron chi connectivity index (χ0n) is 11.4. The van der Waals surface area contributed by atoms with Crippen molar-refractivity contribution in [2.45, 2.75) is 31.7 Å². The van der Waals surface area contributed by atoms with E-state index >= 15 is 0 Å². The van der Waals surface area contributed by atoms with Crippen molar-refractivity contribution in [3.8, 4) is 5.69 Å². The first-order chi connectivity index (χ1) is 9.00. The highest BCUT2D eigenvalue weighted by Crippen LogP contribution is 2.36. The Kier molecular flexibility index (Phi) is 2.64. The molecule has 1 saturated carbocycles. The first-order valence-corrected chi connectivity index (χ1v) is 6.62. The van der Waals surface area contributed by atoms with Gasteiger partial charge in [0.2, 0.25) is 0 Å². The summed E-state index contributed by atoms with van der Waals surface area (Å²) >= 11 is 0. The third kappa shape index (κ3) is 2.12. The van der Waals surface area contributed by atoms with Crippen LogP contribution in [0, 0.1) is 6.92 Å². The highest BCUT2D eigenvalue weighted by molar-refractivity contribution is 5.43. The molecule has 1 aromatic heterocycles. The van der Waals surface area contributed by atoms with Gasteiger partial charge in [-0.25, -0.2) is 4.79 Å². The molecular weight excluding hydrogens is 238 g/mol. The SMILES string of the molecule is Cc1cn(C)c(=O)n1-c1ccccc1CC1(N)CC1. The molecule has 1 aromatic carbocycles. The Labute approximate surface area is 112 Å². The molecule has 1 aliphatic rings. The molecule has 4 nitrogen and oxygen atoms in total. The second-order valence-corrected chi connectivity index (χ2v) is 5.67. The van der Waals surface area contributed by atoms with E-state index < -0.39 is 0 Å². The van der Waals surface area contributed by atoms with E-state index in [1.54, 1.807) is 16.2 Å². The molecule has 0 saturated heterocycles. The lowest BCUT2D eigenvalue weighted by molar-refractivity contribution is 0.667. The van der Waals surface area contributed by atoms with Crippen LogP contribution >= 0.6 is 0 Å². The van der Waals surface area contributed by atoms with Gasteiger partial charge < -0.3 is 10.3 Å². The summed E-state index contributed by atoms with van der Waals surface area (Å²) in [5.74, 6) is 0. The van der Waals surface area contributed by atoms with Crippen molar-refractivity contribution < 1.29 is 0 Å². The van der Waals surface area contributed by atoms with Gasteiger partial charge in [-0.15, -0.1) is 0 Å². The molecule has 2 N–H and O–H groups in total. The number of imidazole rings is 1. The molecule has 3 rings (SSSR count). The molecule has 1 fully saturated rings. The van der Waals surface area contributed by atoms with E-state index in [0.717, 1.165) is 36.2 Å². The number of aryl methyl sites for hydroxylation is 2. The lowest BCUT2D eigenvalue weighted by Gasteiger charge is -2.14. The molecule has 0 unspecified atom stereocenters. The molecule has 1 heterocycles. The molecular formula is C15H19N3O. The highest BCUT2D eigenvalue weighted by Gasteiger charge is 2.38. The van der Waals surface area contributed by atoms with Crippen molar-refractivity contribution in [1.29, 1.82) is 0 Å². The Morgan fingerprint density at radius 3 is 2.58 bits per heavy atom. The van der Waals surface area contributed by atoms with E-state index in [2.05, 4.69) is 6.07 Å². The van der Waals surface area contributed by atoms with Crippen molar-refractivity contribution in [2.24, 2.45) is 12.8 Å². The van der Waals surface area contributed by atoms with Gasteiger partial charge in [0.05, 0.1) is 5.69 Å². The van der Waals surface area contributed by atoms with Gasteiger partial charge in [0.15, 0.2) is 0 Å². The van der Waals surface area contributed by atoms with Gasteiger partial charge in [-0.2, -0.15) is 0 Å². The van der Waals surface area contributed by atoms with Crippen LogP contribution in [0.25, 0.3) is 5.69 Å². The quantitative estimate of drug-likeness (QED) is 0.906. The molecule has 0 bridgehead atoms. The first-order valence-electron chi connectivity index (χ1n) is 6.62. The molecule has 0 aliphatic heterocycles. The van der Waals surface area contributed by atoms with Gasteiger partial charge in [-0.3, -0.25) is 4.57 Å². The summed E-state index contributed by atoms with van der Waals surface area (Å²) in [6, 6.07) is 8.04. The van der Waals surface area contributed by atoms with E-state index in [9.17, 15) is 4.79 Å². The van der Waals surface area contributed by atoms with Crippen LogP contribution in [-0.4, -0.2) is 14.7 Å². The number of para-hydroxylation sites is 1. The van der Waals surface area contributed by atoms with Crippen molar-refractivity contribution in [3.63, 3.8) is 0 Å². The van der Waals surface area contributed by atoms with Crippen molar-refractivity contribution >= 4 is 0 Å². The monoisotopic (exact) mass is 257 g/mol. The van der Waals surface area contributed by atoms with Crippen molar-refractivity contribution in [3.05, 3.63) is 52.2 Å². The summed E-state index contributed by atoms with van der Waals surface area (Å²) in [5.41, 5.74) is 9.21. The Hall–Kier alpha value is -1.81. The summed E-state index contributed by atoms with van der Waals surface area (Å²) in [4.78, 5) is 12.2. The number of aromatic nitrogens is 2. The predicted octanol–water partition coefficient (Wildman–Crippen LogP) is 1.52. The van der Waals surface area contributed by atoms with Crippen molar-refractivity contribution in [2.75, 3.05) is 0 Å². The van der Waals surface area contributed by atoms with Crippen molar-refractivity contribution in [1.82, 2.24) is 9.13 Å². The van der Waals surface area contributed by atoms with E-state index in [4.69, 9.17) is 5.73 Å². The number of nitrogens with zero attached hydrogens (tertiary/aromatic N) is 2. The van der Waals surface area contributed by atoms with E-state index in [-0.39, 0.29) is 11.2 Å². The minimum Gasteiger partial charge on any atom is -0.325 e. The number of hydrogen-bond donors (Lipinski definition) is 1. The second-order valence-electron chi connectivity index (χ2n) is 5.67. The molecule has 4 heteroatoms. The van der Waals surface area contributed by atoms with Crippen LogP contribution in [-0.2, 0) is 13.5 Å². The van der Waals surface area contributed by atoms with Gasteiger partial charge in [0.1, 0.15) is 0 Å². The van der Waals surface area contributed by atoms with Crippen LogP contribution in [0.1, 0.15) is 24.1 Å². The lowest BCUT2D eigenvalue weighted by Crippen LogP contribution is -2.27. The van der Waals surface area contributed by atoms with Crippen LogP contribution in [0.15, 0.2) is 35.3 Å². The van der Waals surface area contributed by atoms with E-state index in [1.807, 2.05) is 31.3 Å². The zero-order valence-corrected chi connectivity index (χ0v) is 11.4. The lowest BCUT2D eigenvalue weighted by atomic mass is 10.0. The topological polar surface area (TPSA) is 53.0 Å². The Balaban J connectivity index is 2.12. The molecule has 100 valence electrons. The summed E-state index contributed by atoms with van der Waals surface area (Å²) in [6.07, 6.45) is 4.84. The maximum absolute atomic E-state index is 12.2. The zero-order chi connectivity index (χ0) is 13.6. The Morgan fingerprint density at radius 1 is 1.32 bits per heavy atom. The average Bonchev–Trinajstić information content (AvgIpc) is 3.02. The molecule has 2 aromatic rings. The van der Waals surface area contributed by atoms with Gasteiger partial charge in [-0.05, 0) is 37.8 Å². The van der Waals surface area contributed by atoms with Gasteiger partial charge in [0, 0.05) is 24.5 Å². The van der Waals surface area contributed by atoms with Crippen LogP contribution in [0.3, 0.4) is 0 Å². The maximum Gasteiger partial charge on any atom is 0.332 e. The number of hydrogen-bond acceptors (Lipinski definition) is 2. The third-order valence-electron chi connectivity index (χ3n) is 3.89. The number of rotatable bonds is 3. The largest absolute Gasteiger partial charge is 0.332 e. The molecule has 0 spiro atoms. The summed E-state index contributed by atoms with van der Waals surface area (Å²) in [5, 5.41) is 0. The molecule has 0 amide bonds.